The van der Waals surface area contributed by atoms with E-state index in [2.05, 4.69) is 44.2 Å². The molecule has 0 aliphatic heterocycles. The molecule has 0 heterocycles. The normalized spacial score (nSPS) is 17.6. The molecule has 1 aliphatic carbocycles. The summed E-state index contributed by atoms with van der Waals surface area (Å²) in [6, 6.07) is 8.73. The van der Waals surface area contributed by atoms with Gasteiger partial charge in [0.15, 0.2) is 0 Å². The van der Waals surface area contributed by atoms with Gasteiger partial charge in [0.1, 0.15) is 5.75 Å². The highest BCUT2D eigenvalue weighted by molar-refractivity contribution is 5.66. The van der Waals surface area contributed by atoms with Crippen LogP contribution >= 0.6 is 0 Å². The number of allylic oxidation sites excluding steroid dienone is 2. The summed E-state index contributed by atoms with van der Waals surface area (Å²) in [7, 11) is 0. The smallest absolute Gasteiger partial charge is 0.119 e. The molecule has 1 atom stereocenters. The van der Waals surface area contributed by atoms with Gasteiger partial charge in [0.05, 0.1) is 6.61 Å². The zero-order valence-electron chi connectivity index (χ0n) is 15.9. The van der Waals surface area contributed by atoms with Crippen LogP contribution in [-0.2, 0) is 0 Å². The summed E-state index contributed by atoms with van der Waals surface area (Å²) in [5, 5.41) is 0. The molecule has 0 bridgehead atoms. The third-order valence-corrected chi connectivity index (χ3v) is 5.16. The maximum absolute atomic E-state index is 5.89. The Kier molecular flexibility index (Phi) is 9.02. The average molecular weight is 329 g/mol. The van der Waals surface area contributed by atoms with Crippen LogP contribution < -0.4 is 4.74 Å². The lowest BCUT2D eigenvalue weighted by molar-refractivity contribution is 0.304. The maximum Gasteiger partial charge on any atom is 0.119 e. The number of rotatable bonds is 11. The van der Waals surface area contributed by atoms with Gasteiger partial charge in [-0.2, -0.15) is 0 Å². The van der Waals surface area contributed by atoms with Gasteiger partial charge >= 0.3 is 0 Å². The van der Waals surface area contributed by atoms with E-state index in [1.54, 1.807) is 0 Å². The predicted octanol–water partition coefficient (Wildman–Crippen LogP) is 7.41. The van der Waals surface area contributed by atoms with E-state index >= 15 is 0 Å². The number of ether oxygens (including phenoxy) is 1. The first-order valence-corrected chi connectivity index (χ1v) is 10.2. The van der Waals surface area contributed by atoms with Crippen molar-refractivity contribution in [3.8, 4) is 5.75 Å². The van der Waals surface area contributed by atoms with Crippen molar-refractivity contribution < 1.29 is 4.74 Å². The summed E-state index contributed by atoms with van der Waals surface area (Å²) in [5.41, 5.74) is 2.89. The van der Waals surface area contributed by atoms with E-state index in [-0.39, 0.29) is 0 Å². The van der Waals surface area contributed by atoms with Crippen LogP contribution in [0.15, 0.2) is 30.3 Å². The Bertz CT molecular complexity index is 471. The third kappa shape index (κ3) is 7.11. The molecule has 1 nitrogen and oxygen atoms in total. The third-order valence-electron chi connectivity index (χ3n) is 5.16. The summed E-state index contributed by atoms with van der Waals surface area (Å²) < 4.78 is 5.89. The van der Waals surface area contributed by atoms with E-state index in [0.29, 0.717) is 0 Å². The van der Waals surface area contributed by atoms with Gasteiger partial charge < -0.3 is 4.74 Å². The molecule has 0 unspecified atom stereocenters. The van der Waals surface area contributed by atoms with Gasteiger partial charge in [0, 0.05) is 0 Å². The summed E-state index contributed by atoms with van der Waals surface area (Å²) in [6.07, 6.45) is 17.0. The second-order valence-corrected chi connectivity index (χ2v) is 7.46. The number of unbranched alkanes of at least 4 members (excludes halogenated alkanes) is 7. The molecular weight excluding hydrogens is 292 g/mol. The second-order valence-electron chi connectivity index (χ2n) is 7.46. The van der Waals surface area contributed by atoms with Gasteiger partial charge in [-0.1, -0.05) is 77.0 Å². The van der Waals surface area contributed by atoms with E-state index < -0.39 is 0 Å². The molecule has 0 spiro atoms. The largest absolute Gasteiger partial charge is 0.494 e. The van der Waals surface area contributed by atoms with E-state index in [4.69, 9.17) is 4.74 Å². The topological polar surface area (TPSA) is 9.23 Å². The number of hydrogen-bond acceptors (Lipinski definition) is 1. The average Bonchev–Trinajstić information content (AvgIpc) is 2.62. The Morgan fingerprint density at radius 2 is 1.58 bits per heavy atom. The highest BCUT2D eigenvalue weighted by Crippen LogP contribution is 2.30. The van der Waals surface area contributed by atoms with Crippen molar-refractivity contribution >= 4 is 5.57 Å². The van der Waals surface area contributed by atoms with Crippen LogP contribution in [0.25, 0.3) is 5.57 Å². The number of hydrogen-bond donors (Lipinski definition) is 0. The minimum absolute atomic E-state index is 0.850. The van der Waals surface area contributed by atoms with Crippen molar-refractivity contribution in [1.29, 1.82) is 0 Å². The fourth-order valence-corrected chi connectivity index (χ4v) is 3.42. The van der Waals surface area contributed by atoms with Crippen LogP contribution in [0.5, 0.6) is 5.75 Å². The predicted molar refractivity (Wildman–Crippen MR) is 106 cm³/mol. The molecule has 1 aromatic rings. The maximum atomic E-state index is 5.89. The van der Waals surface area contributed by atoms with Crippen LogP contribution in [0.3, 0.4) is 0 Å². The lowest BCUT2D eigenvalue weighted by Crippen LogP contribution is -2.01. The van der Waals surface area contributed by atoms with Gasteiger partial charge in [-0.25, -0.2) is 0 Å². The van der Waals surface area contributed by atoms with Gasteiger partial charge in [-0.05, 0) is 54.9 Å². The molecule has 0 N–H and O–H groups in total. The standard InChI is InChI=1S/C23H36O/c1-3-4-5-6-7-8-9-10-19-24-23-17-15-22(16-18-23)21-13-11-20(2)12-14-21/h13,15-18,20H,3-12,14,19H2,1-2H3/t20-/m1/s1. The second kappa shape index (κ2) is 11.3. The van der Waals surface area contributed by atoms with E-state index in [1.165, 1.54) is 81.8 Å². The molecule has 0 radical (unpaired) electrons. The van der Waals surface area contributed by atoms with Crippen molar-refractivity contribution in [2.45, 2.75) is 84.5 Å². The zero-order chi connectivity index (χ0) is 17.0. The molecule has 1 aliphatic rings. The van der Waals surface area contributed by atoms with Crippen molar-refractivity contribution in [2.75, 3.05) is 6.61 Å². The molecule has 1 aromatic carbocycles. The lowest BCUT2D eigenvalue weighted by atomic mass is 9.88. The molecular formula is C23H36O. The minimum Gasteiger partial charge on any atom is -0.494 e. The molecule has 0 fully saturated rings. The molecule has 134 valence electrons. The van der Waals surface area contributed by atoms with E-state index in [0.717, 1.165) is 18.3 Å². The van der Waals surface area contributed by atoms with Crippen molar-refractivity contribution in [3.05, 3.63) is 35.9 Å². The highest BCUT2D eigenvalue weighted by atomic mass is 16.5. The van der Waals surface area contributed by atoms with E-state index in [9.17, 15) is 0 Å². The first kappa shape index (κ1) is 19.1. The van der Waals surface area contributed by atoms with Gasteiger partial charge in [-0.15, -0.1) is 0 Å². The minimum atomic E-state index is 0.850. The Hall–Kier alpha value is -1.24. The summed E-state index contributed by atoms with van der Waals surface area (Å²) in [5.74, 6) is 1.87. The molecule has 0 saturated carbocycles. The number of benzene rings is 1. The molecule has 2 rings (SSSR count). The quantitative estimate of drug-likeness (QED) is 0.384. The van der Waals surface area contributed by atoms with Gasteiger partial charge in [0.2, 0.25) is 0 Å². The Balaban J connectivity index is 1.59. The van der Waals surface area contributed by atoms with Crippen molar-refractivity contribution in [2.24, 2.45) is 5.92 Å². The monoisotopic (exact) mass is 328 g/mol. The van der Waals surface area contributed by atoms with Crippen LogP contribution in [0.2, 0.25) is 0 Å². The summed E-state index contributed by atoms with van der Waals surface area (Å²) >= 11 is 0. The van der Waals surface area contributed by atoms with Crippen molar-refractivity contribution in [3.63, 3.8) is 0 Å². The van der Waals surface area contributed by atoms with Gasteiger partial charge in [-0.3, -0.25) is 0 Å². The molecule has 0 saturated heterocycles. The molecule has 0 amide bonds. The fourth-order valence-electron chi connectivity index (χ4n) is 3.42. The Morgan fingerprint density at radius 3 is 2.21 bits per heavy atom. The Labute approximate surface area is 149 Å². The highest BCUT2D eigenvalue weighted by Gasteiger charge is 2.11. The fraction of sp³-hybridized carbons (Fsp3) is 0.652. The van der Waals surface area contributed by atoms with Gasteiger partial charge in [0.25, 0.3) is 0 Å². The van der Waals surface area contributed by atoms with Crippen molar-refractivity contribution in [1.82, 2.24) is 0 Å². The van der Waals surface area contributed by atoms with Crippen LogP contribution in [0.1, 0.15) is 90.0 Å². The summed E-state index contributed by atoms with van der Waals surface area (Å²) in [6.45, 7) is 5.47. The molecule has 24 heavy (non-hydrogen) atoms. The Morgan fingerprint density at radius 1 is 0.917 bits per heavy atom. The molecule has 0 aromatic heterocycles. The zero-order valence-corrected chi connectivity index (χ0v) is 15.9. The summed E-state index contributed by atoms with van der Waals surface area (Å²) in [4.78, 5) is 0. The first-order valence-electron chi connectivity index (χ1n) is 10.2. The SMILES string of the molecule is CCCCCCCCCCOc1ccc(C2=CC[C@@H](C)CC2)cc1. The first-order chi connectivity index (χ1) is 11.8. The molecule has 1 heteroatoms. The van der Waals surface area contributed by atoms with Crippen LogP contribution in [-0.4, -0.2) is 6.61 Å². The lowest BCUT2D eigenvalue weighted by Gasteiger charge is -2.18. The van der Waals surface area contributed by atoms with E-state index in [1.807, 2.05) is 0 Å². The van der Waals surface area contributed by atoms with Crippen LogP contribution in [0, 0.1) is 5.92 Å². The van der Waals surface area contributed by atoms with Crippen LogP contribution in [0.4, 0.5) is 0 Å².